The molecule has 2 nitrogen and oxygen atoms in total. The van der Waals surface area contributed by atoms with Crippen molar-refractivity contribution in [2.45, 2.75) is 25.8 Å². The Morgan fingerprint density at radius 3 is 2.61 bits per heavy atom. The lowest BCUT2D eigenvalue weighted by molar-refractivity contribution is 0.203. The van der Waals surface area contributed by atoms with Crippen molar-refractivity contribution in [1.82, 2.24) is 4.90 Å². The summed E-state index contributed by atoms with van der Waals surface area (Å²) in [5.41, 5.74) is 7.04. The zero-order valence-electron chi connectivity index (χ0n) is 10.7. The Morgan fingerprint density at radius 1 is 1.39 bits per heavy atom. The Morgan fingerprint density at radius 2 is 2.11 bits per heavy atom. The summed E-state index contributed by atoms with van der Waals surface area (Å²) in [5, 5.41) is 1.39. The van der Waals surface area contributed by atoms with E-state index in [1.54, 1.807) is 6.07 Å². The number of hydrogen-bond acceptors (Lipinski definition) is 2. The van der Waals surface area contributed by atoms with Crippen molar-refractivity contribution in [3.8, 4) is 0 Å². The van der Waals surface area contributed by atoms with Crippen molar-refractivity contribution in [2.75, 3.05) is 19.6 Å². The minimum atomic E-state index is 0.195. The third kappa shape index (κ3) is 3.39. The summed E-state index contributed by atoms with van der Waals surface area (Å²) in [5.74, 6) is 0.852. The van der Waals surface area contributed by atoms with Gasteiger partial charge in [-0.1, -0.05) is 36.2 Å². The van der Waals surface area contributed by atoms with Crippen molar-refractivity contribution in [3.05, 3.63) is 33.8 Å². The molecule has 18 heavy (non-hydrogen) atoms. The Hall–Kier alpha value is -0.280. The van der Waals surface area contributed by atoms with Crippen molar-refractivity contribution < 1.29 is 0 Å². The zero-order valence-corrected chi connectivity index (χ0v) is 12.2. The van der Waals surface area contributed by atoms with Gasteiger partial charge in [0.05, 0.1) is 0 Å². The number of benzene rings is 1. The van der Waals surface area contributed by atoms with Gasteiger partial charge in [-0.2, -0.15) is 0 Å². The van der Waals surface area contributed by atoms with Crippen LogP contribution in [0.2, 0.25) is 10.0 Å². The molecular formula is C14H20Cl2N2. The number of halogens is 2. The van der Waals surface area contributed by atoms with Crippen molar-refractivity contribution in [3.63, 3.8) is 0 Å². The molecule has 1 aromatic rings. The molecule has 2 N–H and O–H groups in total. The number of rotatable bonds is 6. The maximum atomic E-state index is 6.29. The first-order valence-corrected chi connectivity index (χ1v) is 7.30. The first-order valence-electron chi connectivity index (χ1n) is 6.54. The molecule has 0 heterocycles. The number of nitrogens with zero attached hydrogens (tertiary/aromatic N) is 1. The van der Waals surface area contributed by atoms with Crippen LogP contribution in [0.1, 0.15) is 31.4 Å². The second-order valence-corrected chi connectivity index (χ2v) is 5.79. The summed E-state index contributed by atoms with van der Waals surface area (Å²) in [7, 11) is 0. The molecule has 100 valence electrons. The molecule has 0 bridgehead atoms. The van der Waals surface area contributed by atoms with Gasteiger partial charge in [-0.15, -0.1) is 0 Å². The highest BCUT2D eigenvalue weighted by Crippen LogP contribution is 2.34. The highest BCUT2D eigenvalue weighted by molar-refractivity contribution is 6.35. The summed E-state index contributed by atoms with van der Waals surface area (Å²) in [6, 6.07) is 5.88. The molecule has 0 amide bonds. The molecule has 1 saturated carbocycles. The molecule has 1 aliphatic rings. The average Bonchev–Trinajstić information content (AvgIpc) is 3.15. The smallest absolute Gasteiger partial charge is 0.0485 e. The fourth-order valence-electron chi connectivity index (χ4n) is 2.35. The predicted octanol–water partition coefficient (Wildman–Crippen LogP) is 3.73. The molecule has 1 aliphatic carbocycles. The van der Waals surface area contributed by atoms with E-state index in [-0.39, 0.29) is 6.04 Å². The molecule has 1 atom stereocenters. The fourth-order valence-corrected chi connectivity index (χ4v) is 2.89. The molecule has 1 fully saturated rings. The normalized spacial score (nSPS) is 17.2. The van der Waals surface area contributed by atoms with Crippen LogP contribution in [0.25, 0.3) is 0 Å². The summed E-state index contributed by atoms with van der Waals surface area (Å²) in [6.07, 6.45) is 2.70. The summed E-state index contributed by atoms with van der Waals surface area (Å²) in [4.78, 5) is 2.42. The van der Waals surface area contributed by atoms with Gasteiger partial charge in [0.15, 0.2) is 0 Å². The topological polar surface area (TPSA) is 29.3 Å². The number of hydrogen-bond donors (Lipinski definition) is 1. The Bertz CT molecular complexity index is 405. The molecule has 1 aromatic carbocycles. The summed E-state index contributed by atoms with van der Waals surface area (Å²) in [6.45, 7) is 4.88. The lowest BCUT2D eigenvalue weighted by Gasteiger charge is -2.30. The number of nitrogens with two attached hydrogens (primary N) is 1. The van der Waals surface area contributed by atoms with E-state index in [0.29, 0.717) is 16.6 Å². The van der Waals surface area contributed by atoms with E-state index in [2.05, 4.69) is 11.8 Å². The molecule has 1 unspecified atom stereocenters. The lowest BCUT2D eigenvalue weighted by atomic mass is 10.0. The Labute approximate surface area is 119 Å². The van der Waals surface area contributed by atoms with E-state index >= 15 is 0 Å². The van der Waals surface area contributed by atoms with Gasteiger partial charge in [0, 0.05) is 29.2 Å². The van der Waals surface area contributed by atoms with Gasteiger partial charge in [0.1, 0.15) is 0 Å². The third-order valence-corrected chi connectivity index (χ3v) is 4.14. The first kappa shape index (κ1) is 14.1. The lowest BCUT2D eigenvalue weighted by Crippen LogP contribution is -2.35. The second-order valence-electron chi connectivity index (χ2n) is 4.95. The van der Waals surface area contributed by atoms with Crippen LogP contribution in [0.15, 0.2) is 18.2 Å². The minimum Gasteiger partial charge on any atom is -0.329 e. The van der Waals surface area contributed by atoms with Crippen LogP contribution in [0.5, 0.6) is 0 Å². The molecule has 0 saturated heterocycles. The third-order valence-electron chi connectivity index (χ3n) is 3.58. The van der Waals surface area contributed by atoms with Gasteiger partial charge in [0.25, 0.3) is 0 Å². The molecule has 2 rings (SSSR count). The molecule has 0 aromatic heterocycles. The van der Waals surface area contributed by atoms with Crippen LogP contribution in [0.3, 0.4) is 0 Å². The summed E-state index contributed by atoms with van der Waals surface area (Å²) < 4.78 is 0. The van der Waals surface area contributed by atoms with E-state index in [1.807, 2.05) is 12.1 Å². The van der Waals surface area contributed by atoms with E-state index in [4.69, 9.17) is 28.9 Å². The second kappa shape index (κ2) is 6.25. The van der Waals surface area contributed by atoms with Crippen molar-refractivity contribution >= 4 is 23.2 Å². The minimum absolute atomic E-state index is 0.195. The van der Waals surface area contributed by atoms with Crippen LogP contribution in [-0.2, 0) is 0 Å². The van der Waals surface area contributed by atoms with Gasteiger partial charge in [-0.3, -0.25) is 4.90 Å². The predicted molar refractivity (Wildman–Crippen MR) is 78.2 cm³/mol. The van der Waals surface area contributed by atoms with Crippen LogP contribution < -0.4 is 5.73 Å². The average molecular weight is 287 g/mol. The SMILES string of the molecule is CCN(CC1CC1)C(CN)c1ccc(Cl)cc1Cl. The number of likely N-dealkylation sites (N-methyl/N-ethyl adjacent to an activating group) is 1. The maximum Gasteiger partial charge on any atom is 0.0485 e. The van der Waals surface area contributed by atoms with Crippen LogP contribution in [0, 0.1) is 5.92 Å². The van der Waals surface area contributed by atoms with Gasteiger partial charge in [0.2, 0.25) is 0 Å². The quantitative estimate of drug-likeness (QED) is 0.864. The molecular weight excluding hydrogens is 267 g/mol. The zero-order chi connectivity index (χ0) is 13.1. The highest BCUT2D eigenvalue weighted by atomic mass is 35.5. The monoisotopic (exact) mass is 286 g/mol. The first-order chi connectivity index (χ1) is 8.65. The van der Waals surface area contributed by atoms with E-state index in [1.165, 1.54) is 12.8 Å². The van der Waals surface area contributed by atoms with Gasteiger partial charge in [-0.05, 0) is 43.0 Å². The molecule has 0 radical (unpaired) electrons. The summed E-state index contributed by atoms with van der Waals surface area (Å²) >= 11 is 12.2. The molecule has 0 aliphatic heterocycles. The fraction of sp³-hybridized carbons (Fsp3) is 0.571. The standard InChI is InChI=1S/C14H20Cl2N2/c1-2-18(9-10-3-4-10)14(8-17)12-6-5-11(15)7-13(12)16/h5-7,10,14H,2-4,8-9,17H2,1H3. The Kier molecular flexibility index (Phi) is 4.91. The van der Waals surface area contributed by atoms with Crippen LogP contribution >= 0.6 is 23.2 Å². The van der Waals surface area contributed by atoms with Crippen LogP contribution in [0.4, 0.5) is 0 Å². The maximum absolute atomic E-state index is 6.29. The van der Waals surface area contributed by atoms with E-state index in [0.717, 1.165) is 24.6 Å². The Balaban J connectivity index is 2.18. The van der Waals surface area contributed by atoms with Crippen molar-refractivity contribution in [2.24, 2.45) is 11.7 Å². The van der Waals surface area contributed by atoms with Crippen LogP contribution in [-0.4, -0.2) is 24.5 Å². The molecule has 4 heteroatoms. The van der Waals surface area contributed by atoms with Gasteiger partial charge >= 0.3 is 0 Å². The van der Waals surface area contributed by atoms with Gasteiger partial charge < -0.3 is 5.73 Å². The largest absolute Gasteiger partial charge is 0.329 e. The molecule has 0 spiro atoms. The van der Waals surface area contributed by atoms with Gasteiger partial charge in [-0.25, -0.2) is 0 Å². The van der Waals surface area contributed by atoms with Crippen molar-refractivity contribution in [1.29, 1.82) is 0 Å². The van der Waals surface area contributed by atoms with E-state index in [9.17, 15) is 0 Å². The van der Waals surface area contributed by atoms with E-state index < -0.39 is 0 Å². The highest BCUT2D eigenvalue weighted by Gasteiger charge is 2.28.